The zero-order valence-corrected chi connectivity index (χ0v) is 15.6. The largest absolute Gasteiger partial charge is 0.350 e. The zero-order valence-electron chi connectivity index (χ0n) is 14.0. The Kier molecular flexibility index (Phi) is 3.56. The normalized spacial score (nSPS) is 44.9. The molecule has 0 saturated heterocycles. The second-order valence-electron chi connectivity index (χ2n) is 9.87. The van der Waals surface area contributed by atoms with Crippen LogP contribution in [-0.4, -0.2) is 16.8 Å². The number of alkyl halides is 1. The molecule has 4 aliphatic rings. The van der Waals surface area contributed by atoms with Gasteiger partial charge in [0.25, 0.3) is 0 Å². The number of hydrogen-bond donors (Lipinski definition) is 1. The summed E-state index contributed by atoms with van der Waals surface area (Å²) in [6.45, 7) is 9.12. The molecule has 0 aromatic carbocycles. The molecule has 3 heteroatoms. The average Bonchev–Trinajstić information content (AvgIpc) is 2.21. The summed E-state index contributed by atoms with van der Waals surface area (Å²) < 4.78 is 0. The van der Waals surface area contributed by atoms with Crippen molar-refractivity contribution in [3.05, 3.63) is 0 Å². The van der Waals surface area contributed by atoms with Crippen molar-refractivity contribution in [2.75, 3.05) is 5.33 Å². The minimum Gasteiger partial charge on any atom is -0.350 e. The molecule has 4 fully saturated rings. The average molecular weight is 356 g/mol. The van der Waals surface area contributed by atoms with E-state index in [9.17, 15) is 4.79 Å². The van der Waals surface area contributed by atoms with E-state index in [0.717, 1.165) is 17.7 Å². The van der Waals surface area contributed by atoms with E-state index in [4.69, 9.17) is 0 Å². The lowest BCUT2D eigenvalue weighted by molar-refractivity contribution is -0.156. The first-order valence-corrected chi connectivity index (χ1v) is 9.56. The first-order chi connectivity index (χ1) is 9.57. The minimum atomic E-state index is -0.146. The monoisotopic (exact) mass is 355 g/mol. The van der Waals surface area contributed by atoms with Gasteiger partial charge in [0.05, 0.1) is 0 Å². The number of carbonyl (C=O) groups is 1. The highest BCUT2D eigenvalue weighted by molar-refractivity contribution is 9.09. The number of nitrogens with one attached hydrogen (secondary N) is 1. The first kappa shape index (κ1) is 15.8. The SMILES string of the molecule is CC12CC3CC(C)(C1)CC(CC(=O)NC(C)(C)CBr)(C3)C2. The van der Waals surface area contributed by atoms with Crippen LogP contribution in [-0.2, 0) is 4.79 Å². The Morgan fingerprint density at radius 2 is 1.71 bits per heavy atom. The summed E-state index contributed by atoms with van der Waals surface area (Å²) in [6, 6.07) is 0. The fraction of sp³-hybridized carbons (Fsp3) is 0.944. The van der Waals surface area contributed by atoms with Gasteiger partial charge in [-0.25, -0.2) is 0 Å². The summed E-state index contributed by atoms with van der Waals surface area (Å²) in [5, 5.41) is 4.02. The Balaban J connectivity index is 1.75. The van der Waals surface area contributed by atoms with Crippen LogP contribution in [0.5, 0.6) is 0 Å². The van der Waals surface area contributed by atoms with Gasteiger partial charge in [0.1, 0.15) is 0 Å². The van der Waals surface area contributed by atoms with Gasteiger partial charge in [-0.3, -0.25) is 4.79 Å². The topological polar surface area (TPSA) is 29.1 Å². The lowest BCUT2D eigenvalue weighted by atomic mass is 9.40. The van der Waals surface area contributed by atoms with Gasteiger partial charge >= 0.3 is 0 Å². The van der Waals surface area contributed by atoms with Crippen LogP contribution in [0.1, 0.15) is 72.6 Å². The molecule has 2 unspecified atom stereocenters. The number of amides is 1. The zero-order chi connectivity index (χ0) is 15.5. The smallest absolute Gasteiger partial charge is 0.220 e. The number of halogens is 1. The molecule has 0 aromatic rings. The Morgan fingerprint density at radius 1 is 1.14 bits per heavy atom. The van der Waals surface area contributed by atoms with Crippen LogP contribution in [0.2, 0.25) is 0 Å². The predicted molar refractivity (Wildman–Crippen MR) is 90.5 cm³/mol. The van der Waals surface area contributed by atoms with Gasteiger partial charge in [-0.15, -0.1) is 0 Å². The third-order valence-corrected chi connectivity index (χ3v) is 7.49. The summed E-state index contributed by atoms with van der Waals surface area (Å²) in [7, 11) is 0. The molecule has 0 aromatic heterocycles. The first-order valence-electron chi connectivity index (χ1n) is 8.44. The molecule has 4 aliphatic carbocycles. The van der Waals surface area contributed by atoms with Crippen molar-refractivity contribution in [2.45, 2.75) is 78.2 Å². The Bertz CT molecular complexity index is 440. The molecule has 2 nitrogen and oxygen atoms in total. The van der Waals surface area contributed by atoms with Crippen molar-refractivity contribution in [1.29, 1.82) is 0 Å². The second kappa shape index (κ2) is 4.72. The van der Waals surface area contributed by atoms with E-state index in [1.54, 1.807) is 0 Å². The summed E-state index contributed by atoms with van der Waals surface area (Å²) in [4.78, 5) is 12.6. The van der Waals surface area contributed by atoms with E-state index >= 15 is 0 Å². The van der Waals surface area contributed by atoms with Gasteiger partial charge in [-0.05, 0) is 74.5 Å². The summed E-state index contributed by atoms with van der Waals surface area (Å²) >= 11 is 3.49. The predicted octanol–water partition coefficient (Wildman–Crippen LogP) is 4.66. The van der Waals surface area contributed by atoms with E-state index in [0.29, 0.717) is 10.8 Å². The molecule has 0 heterocycles. The Morgan fingerprint density at radius 3 is 2.19 bits per heavy atom. The molecule has 0 aliphatic heterocycles. The number of hydrogen-bond acceptors (Lipinski definition) is 1. The molecule has 4 rings (SSSR count). The fourth-order valence-electron chi connectivity index (χ4n) is 6.68. The van der Waals surface area contributed by atoms with Crippen LogP contribution >= 0.6 is 15.9 Å². The van der Waals surface area contributed by atoms with E-state index in [1.807, 2.05) is 0 Å². The van der Waals surface area contributed by atoms with Gasteiger partial charge in [-0.1, -0.05) is 29.8 Å². The minimum absolute atomic E-state index is 0.146. The molecule has 1 amide bonds. The van der Waals surface area contributed by atoms with E-state index in [-0.39, 0.29) is 16.9 Å². The third kappa shape index (κ3) is 3.04. The molecule has 2 atom stereocenters. The summed E-state index contributed by atoms with van der Waals surface area (Å²) in [5.41, 5.74) is 1.14. The van der Waals surface area contributed by atoms with Crippen LogP contribution in [0.3, 0.4) is 0 Å². The Hall–Kier alpha value is -0.0500. The molecule has 4 bridgehead atoms. The van der Waals surface area contributed by atoms with Crippen LogP contribution in [0.15, 0.2) is 0 Å². The van der Waals surface area contributed by atoms with Crippen LogP contribution in [0.4, 0.5) is 0 Å². The van der Waals surface area contributed by atoms with Crippen molar-refractivity contribution in [1.82, 2.24) is 5.32 Å². The fourth-order valence-corrected chi connectivity index (χ4v) is 6.82. The van der Waals surface area contributed by atoms with E-state index in [1.165, 1.54) is 38.5 Å². The van der Waals surface area contributed by atoms with Gasteiger partial charge < -0.3 is 5.32 Å². The maximum Gasteiger partial charge on any atom is 0.220 e. The second-order valence-corrected chi connectivity index (χ2v) is 10.4. The van der Waals surface area contributed by atoms with Crippen molar-refractivity contribution in [3.8, 4) is 0 Å². The molecule has 0 radical (unpaired) electrons. The van der Waals surface area contributed by atoms with Crippen molar-refractivity contribution in [2.24, 2.45) is 22.2 Å². The van der Waals surface area contributed by atoms with E-state index in [2.05, 4.69) is 48.9 Å². The summed E-state index contributed by atoms with van der Waals surface area (Å²) in [6.07, 6.45) is 8.76. The molecule has 1 N–H and O–H groups in total. The Labute approximate surface area is 138 Å². The maximum absolute atomic E-state index is 12.6. The number of rotatable bonds is 4. The number of carbonyl (C=O) groups excluding carboxylic acids is 1. The van der Waals surface area contributed by atoms with Crippen LogP contribution in [0.25, 0.3) is 0 Å². The van der Waals surface area contributed by atoms with Gasteiger partial charge in [-0.2, -0.15) is 0 Å². The van der Waals surface area contributed by atoms with Crippen LogP contribution < -0.4 is 5.32 Å². The van der Waals surface area contributed by atoms with Gasteiger partial charge in [0.15, 0.2) is 0 Å². The lowest BCUT2D eigenvalue weighted by Gasteiger charge is -2.65. The van der Waals surface area contributed by atoms with E-state index < -0.39 is 0 Å². The van der Waals surface area contributed by atoms with Crippen molar-refractivity contribution < 1.29 is 4.79 Å². The van der Waals surface area contributed by atoms with Crippen molar-refractivity contribution >= 4 is 21.8 Å². The standard InChI is InChI=1S/C18H30BrNO/c1-15(2,12-19)20-14(21)8-18-7-13-5-16(3,10-18)9-17(4,6-13)11-18/h13H,5-12H2,1-4H3,(H,20,21). The van der Waals surface area contributed by atoms with Gasteiger partial charge in [0, 0.05) is 17.3 Å². The molecule has 0 spiro atoms. The molecule has 120 valence electrons. The van der Waals surface area contributed by atoms with Crippen LogP contribution in [0, 0.1) is 22.2 Å². The highest BCUT2D eigenvalue weighted by atomic mass is 79.9. The molecular weight excluding hydrogens is 326 g/mol. The van der Waals surface area contributed by atoms with Gasteiger partial charge in [0.2, 0.25) is 5.91 Å². The molecule has 4 saturated carbocycles. The summed E-state index contributed by atoms with van der Waals surface area (Å²) in [5.74, 6) is 1.13. The third-order valence-electron chi connectivity index (χ3n) is 6.09. The quantitative estimate of drug-likeness (QED) is 0.729. The highest BCUT2D eigenvalue weighted by Gasteiger charge is 2.60. The van der Waals surface area contributed by atoms with Crippen molar-refractivity contribution in [3.63, 3.8) is 0 Å². The molecular formula is C18H30BrNO. The maximum atomic E-state index is 12.6. The molecule has 21 heavy (non-hydrogen) atoms. The lowest BCUT2D eigenvalue weighted by Crippen LogP contribution is -2.56. The highest BCUT2D eigenvalue weighted by Crippen LogP contribution is 2.70.